The zero-order valence-electron chi connectivity index (χ0n) is 11.8. The van der Waals surface area contributed by atoms with Crippen molar-refractivity contribution in [2.45, 2.75) is 53.2 Å². The summed E-state index contributed by atoms with van der Waals surface area (Å²) >= 11 is 1.73. The van der Waals surface area contributed by atoms with Crippen LogP contribution in [0.15, 0.2) is 5.38 Å². The van der Waals surface area contributed by atoms with Gasteiger partial charge in [0.2, 0.25) is 0 Å². The van der Waals surface area contributed by atoms with E-state index in [0.717, 1.165) is 17.4 Å². The third-order valence-electron chi connectivity index (χ3n) is 3.11. The molecule has 1 atom stereocenters. The van der Waals surface area contributed by atoms with E-state index in [9.17, 15) is 0 Å². The van der Waals surface area contributed by atoms with E-state index in [1.807, 2.05) is 0 Å². The first-order valence-corrected chi connectivity index (χ1v) is 7.20. The fourth-order valence-electron chi connectivity index (χ4n) is 1.47. The van der Waals surface area contributed by atoms with Crippen molar-refractivity contribution in [2.75, 3.05) is 11.9 Å². The smallest absolute Gasteiger partial charge is 0.185 e. The van der Waals surface area contributed by atoms with Crippen molar-refractivity contribution in [3.8, 4) is 0 Å². The minimum absolute atomic E-state index is 0.507. The fourth-order valence-corrected chi connectivity index (χ4v) is 2.35. The second kappa shape index (κ2) is 6.36. The molecule has 0 aromatic carbocycles. The number of hydrogen-bond donors (Lipinski definition) is 1. The molecule has 0 amide bonds. The maximum atomic E-state index is 4.67. The normalized spacial score (nSPS) is 13.4. The Morgan fingerprint density at radius 2 is 1.94 bits per heavy atom. The molecule has 3 nitrogen and oxygen atoms in total. The fraction of sp³-hybridized carbons (Fsp3) is 0.769. The Kier molecular flexibility index (Phi) is 5.40. The molecule has 1 N–H and O–H groups in total. The van der Waals surface area contributed by atoms with Gasteiger partial charge in [0.25, 0.3) is 0 Å². The molecule has 0 aliphatic carbocycles. The molecule has 0 aliphatic heterocycles. The van der Waals surface area contributed by atoms with Crippen molar-refractivity contribution in [3.05, 3.63) is 11.1 Å². The van der Waals surface area contributed by atoms with Crippen LogP contribution in [0, 0.1) is 5.92 Å². The molecule has 4 heteroatoms. The number of nitrogens with zero attached hydrogens (tertiary/aromatic N) is 2. The van der Waals surface area contributed by atoms with Gasteiger partial charge in [0.15, 0.2) is 5.13 Å². The number of nitrogens with one attached hydrogen (secondary N) is 1. The van der Waals surface area contributed by atoms with Gasteiger partial charge in [-0.3, -0.25) is 0 Å². The zero-order valence-corrected chi connectivity index (χ0v) is 12.6. The predicted molar refractivity (Wildman–Crippen MR) is 76.8 cm³/mol. The third kappa shape index (κ3) is 4.28. The molecule has 0 aliphatic rings. The topological polar surface area (TPSA) is 28.2 Å². The molecular weight excluding hydrogens is 230 g/mol. The first kappa shape index (κ1) is 14.5. The van der Waals surface area contributed by atoms with Crippen molar-refractivity contribution in [1.82, 2.24) is 10.3 Å². The highest BCUT2D eigenvalue weighted by Gasteiger charge is 2.16. The van der Waals surface area contributed by atoms with Crippen LogP contribution in [0.1, 0.15) is 40.3 Å². The molecule has 0 fully saturated rings. The molecule has 0 bridgehead atoms. The van der Waals surface area contributed by atoms with Crippen LogP contribution in [0.3, 0.4) is 0 Å². The van der Waals surface area contributed by atoms with Crippen molar-refractivity contribution >= 4 is 16.5 Å². The van der Waals surface area contributed by atoms with Crippen molar-refractivity contribution in [1.29, 1.82) is 0 Å². The molecule has 1 aromatic heterocycles. The van der Waals surface area contributed by atoms with Gasteiger partial charge in [-0.1, -0.05) is 27.7 Å². The lowest BCUT2D eigenvalue weighted by Crippen LogP contribution is -2.33. The summed E-state index contributed by atoms with van der Waals surface area (Å²) in [6.45, 7) is 11.9. The lowest BCUT2D eigenvalue weighted by molar-refractivity contribution is 0.504. The summed E-state index contributed by atoms with van der Waals surface area (Å²) in [6.07, 6.45) is 0. The van der Waals surface area contributed by atoms with Gasteiger partial charge in [0.1, 0.15) is 0 Å². The summed E-state index contributed by atoms with van der Waals surface area (Å²) in [6, 6.07) is 1.03. The molecule has 0 saturated carbocycles. The van der Waals surface area contributed by atoms with Gasteiger partial charge in [-0.2, -0.15) is 0 Å². The van der Waals surface area contributed by atoms with Gasteiger partial charge < -0.3 is 10.2 Å². The summed E-state index contributed by atoms with van der Waals surface area (Å²) in [7, 11) is 2.13. The lowest BCUT2D eigenvalue weighted by atomic mass is 10.1. The largest absolute Gasteiger partial charge is 0.348 e. The number of hydrogen-bond acceptors (Lipinski definition) is 4. The second-order valence-corrected chi connectivity index (χ2v) is 6.09. The summed E-state index contributed by atoms with van der Waals surface area (Å²) < 4.78 is 0. The molecule has 0 radical (unpaired) electrons. The van der Waals surface area contributed by atoms with Crippen LogP contribution in [-0.2, 0) is 6.54 Å². The molecule has 98 valence electrons. The molecule has 0 saturated heterocycles. The Balaban J connectivity index is 2.61. The standard InChI is InChI=1S/C13H25N3S/c1-9(2)11(5)16(6)13-15-12(8-17-13)7-14-10(3)4/h8-11,14H,7H2,1-6H3. The van der Waals surface area contributed by atoms with Crippen LogP contribution in [0.5, 0.6) is 0 Å². The second-order valence-electron chi connectivity index (χ2n) is 5.25. The van der Waals surface area contributed by atoms with E-state index in [1.165, 1.54) is 0 Å². The van der Waals surface area contributed by atoms with Gasteiger partial charge in [0.05, 0.1) is 5.69 Å². The van der Waals surface area contributed by atoms with E-state index < -0.39 is 0 Å². The van der Waals surface area contributed by atoms with Crippen molar-refractivity contribution in [3.63, 3.8) is 0 Å². The summed E-state index contributed by atoms with van der Waals surface area (Å²) in [5, 5.41) is 6.66. The van der Waals surface area contributed by atoms with Crippen LogP contribution in [0.2, 0.25) is 0 Å². The highest BCUT2D eigenvalue weighted by Crippen LogP contribution is 2.23. The van der Waals surface area contributed by atoms with Gasteiger partial charge in [-0.25, -0.2) is 4.98 Å². The van der Waals surface area contributed by atoms with Crippen molar-refractivity contribution < 1.29 is 0 Å². The van der Waals surface area contributed by atoms with Crippen molar-refractivity contribution in [2.24, 2.45) is 5.92 Å². The van der Waals surface area contributed by atoms with Crippen LogP contribution in [0.4, 0.5) is 5.13 Å². The van der Waals surface area contributed by atoms with Crippen LogP contribution in [0.25, 0.3) is 0 Å². The lowest BCUT2D eigenvalue weighted by Gasteiger charge is -2.27. The highest BCUT2D eigenvalue weighted by atomic mass is 32.1. The average molecular weight is 255 g/mol. The van der Waals surface area contributed by atoms with E-state index in [0.29, 0.717) is 18.0 Å². The third-order valence-corrected chi connectivity index (χ3v) is 4.09. The van der Waals surface area contributed by atoms with Gasteiger partial charge in [-0.15, -0.1) is 11.3 Å². The molecular formula is C13H25N3S. The molecule has 1 rings (SSSR count). The first-order valence-electron chi connectivity index (χ1n) is 6.32. The number of aromatic nitrogens is 1. The van der Waals surface area contributed by atoms with E-state index >= 15 is 0 Å². The summed E-state index contributed by atoms with van der Waals surface area (Å²) in [5.41, 5.74) is 1.14. The summed E-state index contributed by atoms with van der Waals surface area (Å²) in [5.74, 6) is 0.640. The van der Waals surface area contributed by atoms with E-state index in [4.69, 9.17) is 0 Å². The minimum atomic E-state index is 0.507. The average Bonchev–Trinajstić information content (AvgIpc) is 2.72. The Hall–Kier alpha value is -0.610. The van der Waals surface area contributed by atoms with E-state index in [2.05, 4.69) is 62.2 Å². The molecule has 0 spiro atoms. The number of rotatable bonds is 6. The highest BCUT2D eigenvalue weighted by molar-refractivity contribution is 7.13. The van der Waals surface area contributed by atoms with E-state index in [-0.39, 0.29) is 0 Å². The van der Waals surface area contributed by atoms with Gasteiger partial charge in [-0.05, 0) is 12.8 Å². The maximum absolute atomic E-state index is 4.67. The molecule has 1 unspecified atom stereocenters. The zero-order chi connectivity index (χ0) is 13.0. The van der Waals surface area contributed by atoms with E-state index in [1.54, 1.807) is 11.3 Å². The predicted octanol–water partition coefficient (Wildman–Crippen LogP) is 3.12. The molecule has 17 heavy (non-hydrogen) atoms. The number of thiazole rings is 1. The quantitative estimate of drug-likeness (QED) is 0.846. The Bertz CT molecular complexity index is 333. The Morgan fingerprint density at radius 3 is 2.47 bits per heavy atom. The summed E-state index contributed by atoms with van der Waals surface area (Å²) in [4.78, 5) is 6.94. The maximum Gasteiger partial charge on any atom is 0.185 e. The first-order chi connectivity index (χ1) is 7.91. The molecule has 1 aromatic rings. The monoisotopic (exact) mass is 255 g/mol. The van der Waals surface area contributed by atoms with Crippen LogP contribution < -0.4 is 10.2 Å². The minimum Gasteiger partial charge on any atom is -0.348 e. The van der Waals surface area contributed by atoms with Gasteiger partial charge >= 0.3 is 0 Å². The Morgan fingerprint density at radius 1 is 1.29 bits per heavy atom. The van der Waals surface area contributed by atoms with Crippen LogP contribution >= 0.6 is 11.3 Å². The number of anilines is 1. The Labute approximate surface area is 109 Å². The molecule has 1 heterocycles. The SMILES string of the molecule is CC(C)NCc1csc(N(C)C(C)C(C)C)n1. The van der Waals surface area contributed by atoms with Gasteiger partial charge in [0, 0.05) is 31.1 Å². The van der Waals surface area contributed by atoms with Crippen LogP contribution in [-0.4, -0.2) is 24.1 Å².